The Morgan fingerprint density at radius 1 is 0.464 bits per heavy atom. The fourth-order valence-electron chi connectivity index (χ4n) is 4.51. The van der Waals surface area contributed by atoms with E-state index < -0.39 is 0 Å². The first-order chi connectivity index (χ1) is 13.8. The van der Waals surface area contributed by atoms with E-state index in [0.29, 0.717) is 6.17 Å². The van der Waals surface area contributed by atoms with Crippen molar-refractivity contribution in [3.63, 3.8) is 0 Å². The molecule has 0 fully saturated rings. The van der Waals surface area contributed by atoms with Crippen molar-refractivity contribution >= 4 is 0 Å². The van der Waals surface area contributed by atoms with E-state index in [4.69, 9.17) is 0 Å². The molecule has 0 bridgehead atoms. The highest BCUT2D eigenvalue weighted by Crippen LogP contribution is 2.21. The van der Waals surface area contributed by atoms with Gasteiger partial charge in [0.05, 0.1) is 0 Å². The first-order valence-electron chi connectivity index (χ1n) is 13.0. The Bertz CT molecular complexity index is 352. The van der Waals surface area contributed by atoms with E-state index in [-0.39, 0.29) is 0 Å². The third-order valence-electron chi connectivity index (χ3n) is 6.37. The average molecular weight is 393 g/mol. The Labute approximate surface area is 178 Å². The van der Waals surface area contributed by atoms with Gasteiger partial charge in [-0.3, -0.25) is 0 Å². The van der Waals surface area contributed by atoms with Crippen LogP contribution in [-0.2, 0) is 0 Å². The Balaban J connectivity index is 2.01. The van der Waals surface area contributed by atoms with Gasteiger partial charge in [0.15, 0.2) is 0 Å². The molecule has 0 N–H and O–H groups in total. The number of unbranched alkanes of at least 4 members (excludes halogenated alkanes) is 15. The largest absolute Gasteiger partial charge is 0.356 e. The van der Waals surface area contributed by atoms with Crippen LogP contribution in [0, 0.1) is 0 Å². The summed E-state index contributed by atoms with van der Waals surface area (Å²) in [4.78, 5) is 5.20. The monoisotopic (exact) mass is 392 g/mol. The molecule has 0 spiro atoms. The molecule has 1 rings (SSSR count). The van der Waals surface area contributed by atoms with Crippen LogP contribution < -0.4 is 0 Å². The Morgan fingerprint density at radius 2 is 0.786 bits per heavy atom. The second kappa shape index (κ2) is 18.4. The smallest absolute Gasteiger partial charge is 0.100 e. The molecule has 0 radical (unpaired) electrons. The fraction of sp³-hybridized carbons (Fsp3) is 0.923. The highest BCUT2D eigenvalue weighted by molar-refractivity contribution is 4.96. The maximum atomic E-state index is 2.60. The Kier molecular flexibility index (Phi) is 16.7. The van der Waals surface area contributed by atoms with Crippen LogP contribution in [0.4, 0.5) is 0 Å². The second-order valence-electron chi connectivity index (χ2n) is 8.97. The molecule has 166 valence electrons. The van der Waals surface area contributed by atoms with Crippen molar-refractivity contribution in [2.75, 3.05) is 13.1 Å². The molecule has 1 aliphatic heterocycles. The van der Waals surface area contributed by atoms with E-state index in [1.54, 1.807) is 0 Å². The van der Waals surface area contributed by atoms with Crippen molar-refractivity contribution in [1.82, 2.24) is 9.80 Å². The van der Waals surface area contributed by atoms with Gasteiger partial charge in [0, 0.05) is 25.5 Å². The quantitative estimate of drug-likeness (QED) is 0.192. The zero-order valence-electron chi connectivity index (χ0n) is 19.8. The zero-order valence-corrected chi connectivity index (χ0v) is 19.8. The van der Waals surface area contributed by atoms with Gasteiger partial charge in [-0.15, -0.1) is 0 Å². The van der Waals surface area contributed by atoms with Gasteiger partial charge in [0.1, 0.15) is 6.17 Å². The molecule has 0 amide bonds. The van der Waals surface area contributed by atoms with Gasteiger partial charge in [0.2, 0.25) is 0 Å². The molecule has 0 saturated carbocycles. The van der Waals surface area contributed by atoms with E-state index in [2.05, 4.69) is 43.0 Å². The molecular weight excluding hydrogens is 340 g/mol. The van der Waals surface area contributed by atoms with Crippen molar-refractivity contribution in [2.45, 2.75) is 143 Å². The summed E-state index contributed by atoms with van der Waals surface area (Å²) in [5.41, 5.74) is 0. The van der Waals surface area contributed by atoms with Crippen molar-refractivity contribution in [2.24, 2.45) is 0 Å². The predicted octanol–water partition coefficient (Wildman–Crippen LogP) is 8.48. The van der Waals surface area contributed by atoms with E-state index in [9.17, 15) is 0 Å². The van der Waals surface area contributed by atoms with Gasteiger partial charge < -0.3 is 9.80 Å². The minimum atomic E-state index is 0.624. The van der Waals surface area contributed by atoms with Crippen LogP contribution in [0.5, 0.6) is 0 Å². The number of hydrogen-bond acceptors (Lipinski definition) is 2. The van der Waals surface area contributed by atoms with E-state index in [1.807, 2.05) is 0 Å². The maximum Gasteiger partial charge on any atom is 0.100 e. The summed E-state index contributed by atoms with van der Waals surface area (Å²) in [7, 11) is 0. The average Bonchev–Trinajstić information content (AvgIpc) is 3.10. The van der Waals surface area contributed by atoms with Crippen molar-refractivity contribution in [1.29, 1.82) is 0 Å². The molecule has 2 heteroatoms. The lowest BCUT2D eigenvalue weighted by atomic mass is 10.1. The highest BCUT2D eigenvalue weighted by atomic mass is 15.4. The van der Waals surface area contributed by atoms with Crippen LogP contribution in [0.1, 0.15) is 136 Å². The van der Waals surface area contributed by atoms with Gasteiger partial charge in [-0.05, 0) is 19.3 Å². The third-order valence-corrected chi connectivity index (χ3v) is 6.37. The summed E-state index contributed by atoms with van der Waals surface area (Å²) in [6.07, 6.45) is 30.7. The molecule has 28 heavy (non-hydrogen) atoms. The molecular formula is C26H52N2. The van der Waals surface area contributed by atoms with Crippen LogP contribution in [0.2, 0.25) is 0 Å². The Hall–Kier alpha value is -0.660. The summed E-state index contributed by atoms with van der Waals surface area (Å²) in [6, 6.07) is 0. The van der Waals surface area contributed by atoms with Gasteiger partial charge in [-0.1, -0.05) is 117 Å². The molecule has 1 aliphatic rings. The molecule has 0 aromatic rings. The van der Waals surface area contributed by atoms with Gasteiger partial charge in [-0.2, -0.15) is 0 Å². The lowest BCUT2D eigenvalue weighted by molar-refractivity contribution is 0.144. The lowest BCUT2D eigenvalue weighted by Crippen LogP contribution is -2.38. The van der Waals surface area contributed by atoms with E-state index >= 15 is 0 Å². The molecule has 1 heterocycles. The van der Waals surface area contributed by atoms with Crippen LogP contribution in [-0.4, -0.2) is 29.1 Å². The van der Waals surface area contributed by atoms with Crippen LogP contribution in [0.15, 0.2) is 12.4 Å². The second-order valence-corrected chi connectivity index (χ2v) is 8.97. The summed E-state index contributed by atoms with van der Waals surface area (Å²) >= 11 is 0. The van der Waals surface area contributed by atoms with Gasteiger partial charge >= 0.3 is 0 Å². The molecule has 2 nitrogen and oxygen atoms in total. The van der Waals surface area contributed by atoms with Gasteiger partial charge in [-0.25, -0.2) is 0 Å². The minimum absolute atomic E-state index is 0.624. The van der Waals surface area contributed by atoms with E-state index in [0.717, 1.165) is 0 Å². The Morgan fingerprint density at radius 3 is 1.11 bits per heavy atom. The standard InChI is InChI=1S/C26H52N2/c1-4-7-9-11-13-14-15-17-19-21-23-28-25-24-27(26(28)6-3)22-20-18-16-12-10-8-5-2/h24-26H,4-23H2,1-3H3. The highest BCUT2D eigenvalue weighted by Gasteiger charge is 2.23. The molecule has 0 saturated heterocycles. The fourth-order valence-corrected chi connectivity index (χ4v) is 4.51. The maximum absolute atomic E-state index is 2.60. The van der Waals surface area contributed by atoms with Crippen LogP contribution in [0.25, 0.3) is 0 Å². The zero-order chi connectivity index (χ0) is 20.3. The number of nitrogens with zero attached hydrogens (tertiary/aromatic N) is 2. The topological polar surface area (TPSA) is 6.48 Å². The first kappa shape index (κ1) is 25.4. The molecule has 0 aromatic heterocycles. The summed E-state index contributed by atoms with van der Waals surface area (Å²) in [5.74, 6) is 0. The molecule has 1 unspecified atom stereocenters. The van der Waals surface area contributed by atoms with Crippen LogP contribution >= 0.6 is 0 Å². The van der Waals surface area contributed by atoms with Gasteiger partial charge in [0.25, 0.3) is 0 Å². The summed E-state index contributed by atoms with van der Waals surface area (Å²) in [6.45, 7) is 9.44. The van der Waals surface area contributed by atoms with Crippen LogP contribution in [0.3, 0.4) is 0 Å². The first-order valence-corrected chi connectivity index (χ1v) is 13.0. The van der Waals surface area contributed by atoms with E-state index in [1.165, 1.54) is 129 Å². The van der Waals surface area contributed by atoms with Crippen molar-refractivity contribution in [3.8, 4) is 0 Å². The minimum Gasteiger partial charge on any atom is -0.356 e. The van der Waals surface area contributed by atoms with Crippen molar-refractivity contribution in [3.05, 3.63) is 12.4 Å². The SMILES string of the molecule is CCCCCCCCCCCCN1C=CN(CCCCCCCCC)C1CC. The molecule has 0 aliphatic carbocycles. The van der Waals surface area contributed by atoms with Crippen molar-refractivity contribution < 1.29 is 0 Å². The summed E-state index contributed by atoms with van der Waals surface area (Å²) < 4.78 is 0. The lowest BCUT2D eigenvalue weighted by Gasteiger charge is -2.32. The normalized spacial score (nSPS) is 16.5. The number of rotatable bonds is 20. The number of hydrogen-bond donors (Lipinski definition) is 0. The third kappa shape index (κ3) is 12.0. The summed E-state index contributed by atoms with van der Waals surface area (Å²) in [5, 5.41) is 0. The predicted molar refractivity (Wildman–Crippen MR) is 126 cm³/mol. The molecule has 1 atom stereocenters. The molecule has 0 aromatic carbocycles.